The summed E-state index contributed by atoms with van der Waals surface area (Å²) in [5, 5.41) is 17.6. The summed E-state index contributed by atoms with van der Waals surface area (Å²) < 4.78 is 0. The molecule has 0 fully saturated rings. The summed E-state index contributed by atoms with van der Waals surface area (Å²) in [6, 6.07) is -1.20. The Morgan fingerprint density at radius 1 is 1.80 bits per heavy atom. The van der Waals surface area contributed by atoms with Crippen LogP contribution in [0.1, 0.15) is 20.3 Å². The van der Waals surface area contributed by atoms with E-state index in [0.29, 0.717) is 6.42 Å². The lowest BCUT2D eigenvalue weighted by Gasteiger charge is -2.24. The van der Waals surface area contributed by atoms with E-state index in [9.17, 15) is 9.90 Å². The van der Waals surface area contributed by atoms with Gasteiger partial charge in [-0.25, -0.2) is 0 Å². The van der Waals surface area contributed by atoms with Crippen LogP contribution in [0, 0.1) is 0 Å². The minimum atomic E-state index is -1.30. The Morgan fingerprint density at radius 2 is 2.20 bits per heavy atom. The average molecular weight is 147 g/mol. The molecule has 0 aromatic heterocycles. The SMILES string of the molecule is CC[C@@](C)(O)[C@H](N)C(=O)O. The van der Waals surface area contributed by atoms with E-state index in [0.717, 1.165) is 0 Å². The van der Waals surface area contributed by atoms with Crippen LogP contribution in [-0.4, -0.2) is 27.8 Å². The molecule has 0 saturated carbocycles. The number of carbonyl (C=O) groups is 1. The lowest BCUT2D eigenvalue weighted by atomic mass is 9.95. The first-order chi connectivity index (χ1) is 4.41. The Bertz CT molecular complexity index is 133. The molecular weight excluding hydrogens is 134 g/mol. The molecule has 0 saturated heterocycles. The Morgan fingerprint density at radius 3 is 2.30 bits per heavy atom. The second-order valence-electron chi connectivity index (χ2n) is 2.53. The van der Waals surface area contributed by atoms with Gasteiger partial charge in [-0.15, -0.1) is 0 Å². The molecule has 10 heavy (non-hydrogen) atoms. The van der Waals surface area contributed by atoms with Gasteiger partial charge in [-0.3, -0.25) is 4.79 Å². The highest BCUT2D eigenvalue weighted by Gasteiger charge is 2.32. The van der Waals surface area contributed by atoms with Gasteiger partial charge in [0, 0.05) is 0 Å². The van der Waals surface area contributed by atoms with Gasteiger partial charge in [0.1, 0.15) is 6.04 Å². The van der Waals surface area contributed by atoms with Crippen LogP contribution in [0.15, 0.2) is 0 Å². The van der Waals surface area contributed by atoms with Crippen molar-refractivity contribution in [1.82, 2.24) is 0 Å². The van der Waals surface area contributed by atoms with Gasteiger partial charge in [0.25, 0.3) is 0 Å². The highest BCUT2D eigenvalue weighted by atomic mass is 16.4. The molecule has 0 spiro atoms. The molecule has 0 unspecified atom stereocenters. The quantitative estimate of drug-likeness (QED) is 0.505. The monoisotopic (exact) mass is 147 g/mol. The number of nitrogens with two attached hydrogens (primary N) is 1. The molecule has 0 aromatic carbocycles. The third kappa shape index (κ3) is 1.97. The zero-order valence-electron chi connectivity index (χ0n) is 6.16. The first kappa shape index (κ1) is 9.39. The molecule has 4 heteroatoms. The van der Waals surface area contributed by atoms with Gasteiger partial charge in [0.05, 0.1) is 5.60 Å². The smallest absolute Gasteiger partial charge is 0.323 e. The Kier molecular flexibility index (Phi) is 2.80. The molecule has 4 nitrogen and oxygen atoms in total. The second kappa shape index (κ2) is 2.98. The van der Waals surface area contributed by atoms with Crippen molar-refractivity contribution in [2.75, 3.05) is 0 Å². The van der Waals surface area contributed by atoms with Crippen LogP contribution < -0.4 is 5.73 Å². The number of carboxylic acids is 1. The van der Waals surface area contributed by atoms with E-state index in [1.54, 1.807) is 6.92 Å². The van der Waals surface area contributed by atoms with E-state index in [4.69, 9.17) is 10.8 Å². The normalized spacial score (nSPS) is 19.6. The van der Waals surface area contributed by atoms with E-state index in [2.05, 4.69) is 0 Å². The fraction of sp³-hybridized carbons (Fsp3) is 0.833. The highest BCUT2D eigenvalue weighted by Crippen LogP contribution is 2.11. The number of hydrogen-bond acceptors (Lipinski definition) is 3. The summed E-state index contributed by atoms with van der Waals surface area (Å²) in [5.41, 5.74) is 3.86. The molecule has 0 heterocycles. The van der Waals surface area contributed by atoms with Crippen molar-refractivity contribution in [3.63, 3.8) is 0 Å². The largest absolute Gasteiger partial charge is 0.480 e. The number of aliphatic hydroxyl groups is 1. The molecule has 0 rings (SSSR count). The van der Waals surface area contributed by atoms with Gasteiger partial charge in [-0.1, -0.05) is 6.92 Å². The summed E-state index contributed by atoms with van der Waals surface area (Å²) in [6.45, 7) is 3.09. The minimum absolute atomic E-state index is 0.334. The van der Waals surface area contributed by atoms with E-state index in [1.165, 1.54) is 6.92 Å². The lowest BCUT2D eigenvalue weighted by Crippen LogP contribution is -2.50. The minimum Gasteiger partial charge on any atom is -0.480 e. The number of carboxylic acid groups (broad SMARTS) is 1. The standard InChI is InChI=1S/C6H13NO3/c1-3-6(2,10)4(7)5(8)9/h4,10H,3,7H2,1-2H3,(H,8,9)/t4-,6-/m1/s1. The van der Waals surface area contributed by atoms with Crippen LogP contribution in [-0.2, 0) is 4.79 Å². The van der Waals surface area contributed by atoms with Crippen molar-refractivity contribution in [2.24, 2.45) is 5.73 Å². The molecular formula is C6H13NO3. The molecule has 0 radical (unpaired) electrons. The molecule has 0 aliphatic rings. The third-order valence-electron chi connectivity index (χ3n) is 1.65. The van der Waals surface area contributed by atoms with Crippen LogP contribution in [0.2, 0.25) is 0 Å². The van der Waals surface area contributed by atoms with E-state index >= 15 is 0 Å². The number of rotatable bonds is 3. The predicted octanol–water partition coefficient (Wildman–Crippen LogP) is -0.441. The molecule has 0 aliphatic heterocycles. The zero-order chi connectivity index (χ0) is 8.36. The summed E-state index contributed by atoms with van der Waals surface area (Å²) in [4.78, 5) is 10.2. The maximum atomic E-state index is 10.2. The van der Waals surface area contributed by atoms with Crippen molar-refractivity contribution >= 4 is 5.97 Å². The molecule has 0 aliphatic carbocycles. The van der Waals surface area contributed by atoms with Crippen molar-refractivity contribution in [3.8, 4) is 0 Å². The lowest BCUT2D eigenvalue weighted by molar-refractivity contribution is -0.144. The van der Waals surface area contributed by atoms with Gasteiger partial charge in [0.2, 0.25) is 0 Å². The fourth-order valence-corrected chi connectivity index (χ4v) is 0.486. The Balaban J connectivity index is 4.17. The van der Waals surface area contributed by atoms with Gasteiger partial charge in [0.15, 0.2) is 0 Å². The summed E-state index contributed by atoms with van der Waals surface area (Å²) in [6.07, 6.45) is 0.334. The van der Waals surface area contributed by atoms with Crippen LogP contribution in [0.4, 0.5) is 0 Å². The summed E-state index contributed by atoms with van der Waals surface area (Å²) in [5.74, 6) is -1.17. The molecule has 0 amide bonds. The molecule has 0 bridgehead atoms. The second-order valence-corrected chi connectivity index (χ2v) is 2.53. The molecule has 2 atom stereocenters. The Labute approximate surface area is 59.7 Å². The maximum Gasteiger partial charge on any atom is 0.323 e. The van der Waals surface area contributed by atoms with Crippen LogP contribution in [0.5, 0.6) is 0 Å². The number of aliphatic carboxylic acids is 1. The predicted molar refractivity (Wildman–Crippen MR) is 36.5 cm³/mol. The molecule has 4 N–H and O–H groups in total. The first-order valence-electron chi connectivity index (χ1n) is 3.12. The maximum absolute atomic E-state index is 10.2. The topological polar surface area (TPSA) is 83.5 Å². The van der Waals surface area contributed by atoms with Crippen molar-refractivity contribution < 1.29 is 15.0 Å². The van der Waals surface area contributed by atoms with Crippen LogP contribution >= 0.6 is 0 Å². The van der Waals surface area contributed by atoms with Gasteiger partial charge < -0.3 is 15.9 Å². The summed E-state index contributed by atoms with van der Waals surface area (Å²) >= 11 is 0. The van der Waals surface area contributed by atoms with Gasteiger partial charge >= 0.3 is 5.97 Å². The van der Waals surface area contributed by atoms with Gasteiger partial charge in [-0.2, -0.15) is 0 Å². The van der Waals surface area contributed by atoms with Crippen LogP contribution in [0.25, 0.3) is 0 Å². The van der Waals surface area contributed by atoms with E-state index < -0.39 is 17.6 Å². The van der Waals surface area contributed by atoms with E-state index in [-0.39, 0.29) is 0 Å². The van der Waals surface area contributed by atoms with Crippen molar-refractivity contribution in [2.45, 2.75) is 31.9 Å². The van der Waals surface area contributed by atoms with Gasteiger partial charge in [-0.05, 0) is 13.3 Å². The van der Waals surface area contributed by atoms with E-state index in [1.807, 2.05) is 0 Å². The highest BCUT2D eigenvalue weighted by molar-refractivity contribution is 5.74. The van der Waals surface area contributed by atoms with Crippen LogP contribution in [0.3, 0.4) is 0 Å². The summed E-state index contributed by atoms with van der Waals surface area (Å²) in [7, 11) is 0. The molecule has 0 aromatic rings. The first-order valence-corrected chi connectivity index (χ1v) is 3.12. The Hall–Kier alpha value is -0.610. The van der Waals surface area contributed by atoms with Crippen molar-refractivity contribution in [3.05, 3.63) is 0 Å². The van der Waals surface area contributed by atoms with Crippen molar-refractivity contribution in [1.29, 1.82) is 0 Å². The fourth-order valence-electron chi connectivity index (χ4n) is 0.486. The average Bonchev–Trinajstić information content (AvgIpc) is 1.86. The molecule has 60 valence electrons. The number of hydrogen-bond donors (Lipinski definition) is 3. The third-order valence-corrected chi connectivity index (χ3v) is 1.65. The zero-order valence-corrected chi connectivity index (χ0v) is 6.16.